The predicted molar refractivity (Wildman–Crippen MR) is 103 cm³/mol. The molecule has 1 aliphatic rings. The number of ether oxygens (including phenoxy) is 1. The van der Waals surface area contributed by atoms with Gasteiger partial charge in [-0.2, -0.15) is 0 Å². The molecule has 1 atom stereocenters. The quantitative estimate of drug-likeness (QED) is 0.444. The third-order valence-electron chi connectivity index (χ3n) is 4.22. The Bertz CT molecular complexity index is 681. The second kappa shape index (κ2) is 9.89. The molecule has 4 N–H and O–H groups in total. The first-order valence-corrected chi connectivity index (χ1v) is 10.6. The largest absolute Gasteiger partial charge is 0.377 e. The minimum atomic E-state index is -3.52. The fraction of sp³-hybridized carbons (Fsp3) is 0.611. The summed E-state index contributed by atoms with van der Waals surface area (Å²) in [5.41, 5.74) is 6.73. The third-order valence-corrected chi connectivity index (χ3v) is 5.66. The van der Waals surface area contributed by atoms with E-state index in [1.165, 1.54) is 0 Å². The maximum atomic E-state index is 12.3. The summed E-state index contributed by atoms with van der Waals surface area (Å²) in [6, 6.07) is 6.69. The van der Waals surface area contributed by atoms with Crippen molar-refractivity contribution in [3.63, 3.8) is 0 Å². The van der Waals surface area contributed by atoms with E-state index in [9.17, 15) is 8.42 Å². The standard InChI is InChI=1S/C18H30N4O3S/c1-14(2)9-10-20-18(19)21-12-15-5-7-17(8-6-15)26(23,24)22-13-16-4-3-11-25-16/h5-8,14,16,22H,3-4,9-13H2,1-2H3,(H3,19,20,21). The van der Waals surface area contributed by atoms with E-state index in [1.54, 1.807) is 24.3 Å². The molecule has 1 heterocycles. The molecule has 1 aromatic rings. The molecule has 8 heteroatoms. The van der Waals surface area contributed by atoms with Gasteiger partial charge in [-0.25, -0.2) is 18.1 Å². The van der Waals surface area contributed by atoms with Crippen molar-refractivity contribution in [1.29, 1.82) is 0 Å². The van der Waals surface area contributed by atoms with Crippen LogP contribution in [-0.2, 0) is 21.3 Å². The van der Waals surface area contributed by atoms with Gasteiger partial charge in [-0.1, -0.05) is 26.0 Å². The van der Waals surface area contributed by atoms with Crippen molar-refractivity contribution in [2.24, 2.45) is 16.6 Å². The van der Waals surface area contributed by atoms with Crippen LogP contribution in [0.15, 0.2) is 34.2 Å². The fourth-order valence-electron chi connectivity index (χ4n) is 2.59. The average Bonchev–Trinajstić information content (AvgIpc) is 3.12. The number of hydrogen-bond acceptors (Lipinski definition) is 4. The number of guanidine groups is 1. The van der Waals surface area contributed by atoms with Gasteiger partial charge in [0, 0.05) is 19.7 Å². The lowest BCUT2D eigenvalue weighted by atomic mass is 10.1. The molecule has 1 fully saturated rings. The molecule has 2 rings (SSSR count). The smallest absolute Gasteiger partial charge is 0.240 e. The number of nitrogens with zero attached hydrogens (tertiary/aromatic N) is 1. The topological polar surface area (TPSA) is 106 Å². The molecule has 1 aliphatic heterocycles. The van der Waals surface area contributed by atoms with Crippen LogP contribution < -0.4 is 15.8 Å². The predicted octanol–water partition coefficient (Wildman–Crippen LogP) is 1.59. The number of nitrogens with one attached hydrogen (secondary N) is 2. The normalized spacial score (nSPS) is 18.4. The van der Waals surface area contributed by atoms with Crippen LogP contribution in [0.5, 0.6) is 0 Å². The van der Waals surface area contributed by atoms with Gasteiger partial charge in [0.25, 0.3) is 0 Å². The van der Waals surface area contributed by atoms with E-state index >= 15 is 0 Å². The van der Waals surface area contributed by atoms with Gasteiger partial charge < -0.3 is 15.8 Å². The lowest BCUT2D eigenvalue weighted by Crippen LogP contribution is -2.32. The van der Waals surface area contributed by atoms with Crippen LogP contribution in [0.4, 0.5) is 0 Å². The van der Waals surface area contributed by atoms with E-state index < -0.39 is 10.0 Å². The van der Waals surface area contributed by atoms with Gasteiger partial charge in [0.2, 0.25) is 10.0 Å². The molecule has 1 aromatic carbocycles. The van der Waals surface area contributed by atoms with Crippen LogP contribution in [0, 0.1) is 5.92 Å². The van der Waals surface area contributed by atoms with Crippen molar-refractivity contribution in [3.05, 3.63) is 29.8 Å². The molecule has 0 spiro atoms. The number of rotatable bonds is 9. The van der Waals surface area contributed by atoms with Gasteiger partial charge in [-0.05, 0) is 42.9 Å². The van der Waals surface area contributed by atoms with E-state index in [1.807, 2.05) is 0 Å². The number of aliphatic imine (C=N–C) groups is 1. The van der Waals surface area contributed by atoms with Crippen molar-refractivity contribution in [1.82, 2.24) is 10.0 Å². The lowest BCUT2D eigenvalue weighted by Gasteiger charge is -2.11. The Kier molecular flexibility index (Phi) is 7.86. The SMILES string of the molecule is CC(C)CCNC(N)=NCc1ccc(S(=O)(=O)NCC2CCCO2)cc1. The summed E-state index contributed by atoms with van der Waals surface area (Å²) in [7, 11) is -3.52. The Labute approximate surface area is 156 Å². The van der Waals surface area contributed by atoms with Crippen molar-refractivity contribution in [2.45, 2.75) is 50.7 Å². The molecule has 26 heavy (non-hydrogen) atoms. The van der Waals surface area contributed by atoms with E-state index in [4.69, 9.17) is 10.5 Å². The number of sulfonamides is 1. The molecule has 0 saturated carbocycles. The highest BCUT2D eigenvalue weighted by molar-refractivity contribution is 7.89. The van der Waals surface area contributed by atoms with Crippen molar-refractivity contribution in [2.75, 3.05) is 19.7 Å². The molecule has 146 valence electrons. The van der Waals surface area contributed by atoms with Crippen LogP contribution in [0.3, 0.4) is 0 Å². The van der Waals surface area contributed by atoms with E-state index in [0.29, 0.717) is 31.6 Å². The lowest BCUT2D eigenvalue weighted by molar-refractivity contribution is 0.114. The van der Waals surface area contributed by atoms with Crippen molar-refractivity contribution >= 4 is 16.0 Å². The third kappa shape index (κ3) is 6.93. The molecule has 0 aromatic heterocycles. The zero-order valence-corrected chi connectivity index (χ0v) is 16.4. The van der Waals surface area contributed by atoms with Gasteiger partial charge in [-0.3, -0.25) is 0 Å². The first kappa shape index (κ1) is 20.7. The molecule has 0 bridgehead atoms. The molecule has 0 radical (unpaired) electrons. The number of hydrogen-bond donors (Lipinski definition) is 3. The van der Waals surface area contributed by atoms with Gasteiger partial charge in [0.1, 0.15) is 0 Å². The first-order chi connectivity index (χ1) is 12.4. The Morgan fingerprint density at radius 3 is 2.69 bits per heavy atom. The highest BCUT2D eigenvalue weighted by Gasteiger charge is 2.20. The van der Waals surface area contributed by atoms with Gasteiger partial charge in [0.05, 0.1) is 17.5 Å². The molecule has 0 amide bonds. The summed E-state index contributed by atoms with van der Waals surface area (Å²) < 4.78 is 32.7. The van der Waals surface area contributed by atoms with Crippen LogP contribution >= 0.6 is 0 Å². The summed E-state index contributed by atoms with van der Waals surface area (Å²) >= 11 is 0. The highest BCUT2D eigenvalue weighted by atomic mass is 32.2. The second-order valence-corrected chi connectivity index (χ2v) is 8.71. The van der Waals surface area contributed by atoms with Crippen LogP contribution in [0.25, 0.3) is 0 Å². The maximum absolute atomic E-state index is 12.3. The zero-order valence-electron chi connectivity index (χ0n) is 15.6. The van der Waals surface area contributed by atoms with E-state index in [2.05, 4.69) is 28.9 Å². The molecule has 0 aliphatic carbocycles. The Morgan fingerprint density at radius 1 is 1.35 bits per heavy atom. The molecule has 1 unspecified atom stereocenters. The number of benzene rings is 1. The Balaban J connectivity index is 1.84. The monoisotopic (exact) mass is 382 g/mol. The van der Waals surface area contributed by atoms with Crippen LogP contribution in [0.1, 0.15) is 38.7 Å². The van der Waals surface area contributed by atoms with E-state index in [0.717, 1.165) is 31.4 Å². The molecular formula is C18H30N4O3S. The Morgan fingerprint density at radius 2 is 2.08 bits per heavy atom. The highest BCUT2D eigenvalue weighted by Crippen LogP contribution is 2.14. The number of nitrogens with two attached hydrogens (primary N) is 1. The first-order valence-electron chi connectivity index (χ1n) is 9.11. The summed E-state index contributed by atoms with van der Waals surface area (Å²) in [5.74, 6) is 1.01. The summed E-state index contributed by atoms with van der Waals surface area (Å²) in [5, 5.41) is 3.07. The van der Waals surface area contributed by atoms with Gasteiger partial charge in [0.15, 0.2) is 5.96 Å². The minimum Gasteiger partial charge on any atom is -0.377 e. The summed E-state index contributed by atoms with van der Waals surface area (Å²) in [4.78, 5) is 4.52. The molecule has 7 nitrogen and oxygen atoms in total. The fourth-order valence-corrected chi connectivity index (χ4v) is 3.65. The van der Waals surface area contributed by atoms with Crippen molar-refractivity contribution < 1.29 is 13.2 Å². The summed E-state index contributed by atoms with van der Waals surface area (Å²) in [6.45, 7) is 6.52. The summed E-state index contributed by atoms with van der Waals surface area (Å²) in [6.07, 6.45) is 2.88. The minimum absolute atomic E-state index is 0.0236. The van der Waals surface area contributed by atoms with Crippen LogP contribution in [0.2, 0.25) is 0 Å². The van der Waals surface area contributed by atoms with Gasteiger partial charge >= 0.3 is 0 Å². The van der Waals surface area contributed by atoms with Crippen LogP contribution in [-0.4, -0.2) is 40.2 Å². The molecular weight excluding hydrogens is 352 g/mol. The van der Waals surface area contributed by atoms with Crippen molar-refractivity contribution in [3.8, 4) is 0 Å². The van der Waals surface area contributed by atoms with E-state index in [-0.39, 0.29) is 11.0 Å². The Hall–Kier alpha value is -1.64. The maximum Gasteiger partial charge on any atom is 0.240 e. The average molecular weight is 383 g/mol. The zero-order chi connectivity index (χ0) is 19.0. The second-order valence-electron chi connectivity index (χ2n) is 6.94. The van der Waals surface area contributed by atoms with Gasteiger partial charge in [-0.15, -0.1) is 0 Å². The molecule has 1 saturated heterocycles.